The van der Waals surface area contributed by atoms with E-state index in [1.165, 1.54) is 0 Å². The molecule has 6 heteroatoms. The van der Waals surface area contributed by atoms with E-state index in [4.69, 9.17) is 11.6 Å². The van der Waals surface area contributed by atoms with Crippen LogP contribution in [0, 0.1) is 6.92 Å². The molecule has 1 unspecified atom stereocenters. The number of carbonyl (C=O) groups is 1. The van der Waals surface area contributed by atoms with E-state index in [0.29, 0.717) is 16.2 Å². The lowest BCUT2D eigenvalue weighted by Gasteiger charge is -2.05. The number of H-pyrrole nitrogens is 1. The Kier molecular flexibility index (Phi) is 2.90. The van der Waals surface area contributed by atoms with E-state index < -0.39 is 0 Å². The normalized spacial score (nSPS) is 17.0. The molecule has 1 fully saturated rings. The van der Waals surface area contributed by atoms with Gasteiger partial charge in [-0.3, -0.25) is 9.89 Å². The van der Waals surface area contributed by atoms with Crippen molar-refractivity contribution in [3.05, 3.63) is 58.4 Å². The lowest BCUT2D eigenvalue weighted by Crippen LogP contribution is -2.12. The summed E-state index contributed by atoms with van der Waals surface area (Å²) >= 11 is 5.89. The van der Waals surface area contributed by atoms with Crippen LogP contribution in [0.5, 0.6) is 0 Å². The second-order valence-corrected chi connectivity index (χ2v) is 5.91. The topological polar surface area (TPSA) is 61.6 Å². The summed E-state index contributed by atoms with van der Waals surface area (Å²) in [6.45, 7) is 2.64. The molecule has 1 amide bonds. The number of aromatic amines is 1. The Labute approximate surface area is 131 Å². The number of amides is 1. The molecule has 0 aliphatic carbocycles. The average molecular weight is 313 g/mol. The number of pyridine rings is 1. The Morgan fingerprint density at radius 1 is 1.36 bits per heavy atom. The summed E-state index contributed by atoms with van der Waals surface area (Å²) in [6, 6.07) is 9.59. The number of hydrogen-bond donors (Lipinski definition) is 1. The van der Waals surface area contributed by atoms with Gasteiger partial charge in [0.1, 0.15) is 0 Å². The number of rotatable bonds is 2. The Balaban J connectivity index is 1.59. The van der Waals surface area contributed by atoms with Gasteiger partial charge >= 0.3 is 0 Å². The van der Waals surface area contributed by atoms with Gasteiger partial charge in [0.2, 0.25) is 0 Å². The highest BCUT2D eigenvalue weighted by molar-refractivity contribution is 6.30. The first-order chi connectivity index (χ1) is 10.6. The number of benzene rings is 1. The Morgan fingerprint density at radius 2 is 2.14 bits per heavy atom. The zero-order valence-corrected chi connectivity index (χ0v) is 12.6. The number of hydrogen-bond acceptors (Lipinski definition) is 3. The molecule has 2 aromatic heterocycles. The van der Waals surface area contributed by atoms with Crippen molar-refractivity contribution in [3.63, 3.8) is 0 Å². The zero-order chi connectivity index (χ0) is 15.3. The monoisotopic (exact) mass is 312 g/mol. The number of nitrogens with zero attached hydrogens (tertiary/aromatic N) is 3. The van der Waals surface area contributed by atoms with E-state index in [-0.39, 0.29) is 11.9 Å². The van der Waals surface area contributed by atoms with Crippen LogP contribution in [-0.4, -0.2) is 32.5 Å². The molecule has 0 bridgehead atoms. The third-order valence-corrected chi connectivity index (χ3v) is 4.23. The molecule has 110 valence electrons. The van der Waals surface area contributed by atoms with Crippen LogP contribution < -0.4 is 0 Å². The molecule has 22 heavy (non-hydrogen) atoms. The summed E-state index contributed by atoms with van der Waals surface area (Å²) in [5, 5.41) is 8.54. The summed E-state index contributed by atoms with van der Waals surface area (Å²) in [5.74, 6) is -0.00468. The molecule has 3 aromatic rings. The van der Waals surface area contributed by atoms with Gasteiger partial charge < -0.3 is 4.90 Å². The number of nitrogens with one attached hydrogen (secondary N) is 1. The molecule has 4 rings (SSSR count). The van der Waals surface area contributed by atoms with Gasteiger partial charge in [0, 0.05) is 28.8 Å². The van der Waals surface area contributed by atoms with Crippen LogP contribution in [-0.2, 0) is 0 Å². The van der Waals surface area contributed by atoms with E-state index in [0.717, 1.165) is 23.2 Å². The lowest BCUT2D eigenvalue weighted by atomic mass is 10.1. The predicted molar refractivity (Wildman–Crippen MR) is 83.9 cm³/mol. The average Bonchev–Trinajstić information content (AvgIpc) is 3.25. The zero-order valence-electron chi connectivity index (χ0n) is 11.9. The molecule has 1 aromatic carbocycles. The highest BCUT2D eigenvalue weighted by atomic mass is 35.5. The van der Waals surface area contributed by atoms with Crippen LogP contribution in [0.2, 0.25) is 5.02 Å². The fraction of sp³-hybridized carbons (Fsp3) is 0.188. The van der Waals surface area contributed by atoms with Crippen molar-refractivity contribution < 1.29 is 4.79 Å². The van der Waals surface area contributed by atoms with E-state index >= 15 is 0 Å². The van der Waals surface area contributed by atoms with Gasteiger partial charge in [0.15, 0.2) is 5.65 Å². The van der Waals surface area contributed by atoms with Gasteiger partial charge in [-0.1, -0.05) is 23.7 Å². The van der Waals surface area contributed by atoms with Gasteiger partial charge in [-0.15, -0.1) is 0 Å². The summed E-state index contributed by atoms with van der Waals surface area (Å²) in [5.41, 5.74) is 3.24. The van der Waals surface area contributed by atoms with E-state index in [9.17, 15) is 4.79 Å². The van der Waals surface area contributed by atoms with E-state index in [2.05, 4.69) is 15.2 Å². The minimum atomic E-state index is -0.00468. The van der Waals surface area contributed by atoms with E-state index in [1.54, 1.807) is 6.20 Å². The number of carbonyl (C=O) groups excluding carboxylic acids is 1. The molecule has 0 spiro atoms. The highest BCUT2D eigenvalue weighted by Crippen LogP contribution is 2.36. The van der Waals surface area contributed by atoms with Crippen molar-refractivity contribution >= 4 is 28.5 Å². The maximum Gasteiger partial charge on any atom is 0.256 e. The van der Waals surface area contributed by atoms with Gasteiger partial charge in [0.25, 0.3) is 5.91 Å². The van der Waals surface area contributed by atoms with Gasteiger partial charge in [0.05, 0.1) is 11.6 Å². The second kappa shape index (κ2) is 4.81. The fourth-order valence-electron chi connectivity index (χ4n) is 2.64. The van der Waals surface area contributed by atoms with Crippen LogP contribution in [0.1, 0.15) is 27.7 Å². The summed E-state index contributed by atoms with van der Waals surface area (Å²) in [4.78, 5) is 18.6. The van der Waals surface area contributed by atoms with Gasteiger partial charge in [-0.25, -0.2) is 4.98 Å². The maximum atomic E-state index is 12.6. The Hall–Kier alpha value is -2.40. The standard InChI is InChI=1S/C16H13ClN4O/c1-9-13-6-11(7-18-15(13)20-19-9)16(22)21-8-14(21)10-2-4-12(17)5-3-10/h2-7,14H,8H2,1H3,(H,18,19,20). The lowest BCUT2D eigenvalue weighted by molar-refractivity contribution is 0.0874. The first kappa shape index (κ1) is 13.3. The molecule has 1 saturated heterocycles. The molecule has 5 nitrogen and oxygen atoms in total. The van der Waals surface area contributed by atoms with Gasteiger partial charge in [-0.2, -0.15) is 5.10 Å². The van der Waals surface area contributed by atoms with Crippen LogP contribution in [0.25, 0.3) is 11.0 Å². The van der Waals surface area contributed by atoms with Crippen molar-refractivity contribution in [1.29, 1.82) is 0 Å². The third kappa shape index (κ3) is 2.14. The quantitative estimate of drug-likeness (QED) is 0.740. The number of aryl methyl sites for hydroxylation is 1. The molecule has 0 saturated carbocycles. The molecular weight excluding hydrogens is 300 g/mol. The summed E-state index contributed by atoms with van der Waals surface area (Å²) in [7, 11) is 0. The van der Waals surface area contributed by atoms with Crippen LogP contribution >= 0.6 is 11.6 Å². The van der Waals surface area contributed by atoms with Crippen molar-refractivity contribution in [3.8, 4) is 0 Å². The SMILES string of the molecule is Cc1[nH]nc2ncc(C(=O)N3CC3c3ccc(Cl)cc3)cc12. The van der Waals surface area contributed by atoms with Crippen LogP contribution in [0.4, 0.5) is 0 Å². The molecular formula is C16H13ClN4O. The summed E-state index contributed by atoms with van der Waals surface area (Å²) < 4.78 is 0. The minimum absolute atomic E-state index is 0.00468. The smallest absolute Gasteiger partial charge is 0.256 e. The molecule has 1 aliphatic heterocycles. The molecule has 0 radical (unpaired) electrons. The molecule has 1 atom stereocenters. The van der Waals surface area contributed by atoms with Crippen molar-refractivity contribution in [2.45, 2.75) is 13.0 Å². The second-order valence-electron chi connectivity index (χ2n) is 5.47. The molecule has 3 heterocycles. The van der Waals surface area contributed by atoms with Crippen LogP contribution in [0.15, 0.2) is 36.5 Å². The predicted octanol–water partition coefficient (Wildman–Crippen LogP) is 3.12. The Bertz CT molecular complexity index is 871. The Morgan fingerprint density at radius 3 is 2.91 bits per heavy atom. The maximum absolute atomic E-state index is 12.6. The largest absolute Gasteiger partial charge is 0.327 e. The van der Waals surface area contributed by atoms with E-state index in [1.807, 2.05) is 42.2 Å². The van der Waals surface area contributed by atoms with Crippen LogP contribution in [0.3, 0.4) is 0 Å². The number of halogens is 1. The number of fused-ring (bicyclic) bond motifs is 1. The fourth-order valence-corrected chi connectivity index (χ4v) is 2.76. The number of aromatic nitrogens is 3. The van der Waals surface area contributed by atoms with Gasteiger partial charge in [-0.05, 0) is 30.7 Å². The highest BCUT2D eigenvalue weighted by Gasteiger charge is 2.40. The van der Waals surface area contributed by atoms with Crippen molar-refractivity contribution in [1.82, 2.24) is 20.1 Å². The summed E-state index contributed by atoms with van der Waals surface area (Å²) in [6.07, 6.45) is 1.59. The molecule has 1 aliphatic rings. The first-order valence-electron chi connectivity index (χ1n) is 7.00. The van der Waals surface area contributed by atoms with Crippen molar-refractivity contribution in [2.75, 3.05) is 6.54 Å². The third-order valence-electron chi connectivity index (χ3n) is 3.98. The molecule has 1 N–H and O–H groups in total. The first-order valence-corrected chi connectivity index (χ1v) is 7.38. The minimum Gasteiger partial charge on any atom is -0.327 e. The van der Waals surface area contributed by atoms with Crippen molar-refractivity contribution in [2.24, 2.45) is 0 Å².